The van der Waals surface area contributed by atoms with Crippen LogP contribution in [0.25, 0.3) is 0 Å². The molecule has 0 heterocycles. The van der Waals surface area contributed by atoms with E-state index in [0.29, 0.717) is 16.5 Å². The van der Waals surface area contributed by atoms with Crippen LogP contribution in [-0.4, -0.2) is 12.5 Å². The van der Waals surface area contributed by atoms with Crippen molar-refractivity contribution in [3.63, 3.8) is 0 Å². The largest absolute Gasteiger partial charge is 0.484 e. The number of ether oxygens (including phenoxy) is 1. The topological polar surface area (TPSA) is 38.3 Å². The van der Waals surface area contributed by atoms with E-state index in [9.17, 15) is 4.79 Å². The molecule has 0 bridgehead atoms. The van der Waals surface area contributed by atoms with Gasteiger partial charge in [-0.05, 0) is 36.8 Å². The van der Waals surface area contributed by atoms with Gasteiger partial charge in [0.05, 0.1) is 5.38 Å². The first-order valence-corrected chi connectivity index (χ1v) is 7.29. The van der Waals surface area contributed by atoms with Crippen LogP contribution < -0.4 is 10.1 Å². The van der Waals surface area contributed by atoms with Crippen molar-refractivity contribution >= 4 is 34.8 Å². The highest BCUT2D eigenvalue weighted by Gasteiger charge is 2.10. The standard InChI is InChI=1S/C16H15Cl2NO2/c1-11(17)14-7-2-3-8-15(14)19-16(20)10-21-13-6-4-5-12(18)9-13/h2-9,11H,10H2,1H3,(H,19,20). The van der Waals surface area contributed by atoms with E-state index in [4.69, 9.17) is 27.9 Å². The van der Waals surface area contributed by atoms with E-state index in [1.54, 1.807) is 24.3 Å². The van der Waals surface area contributed by atoms with Gasteiger partial charge in [-0.3, -0.25) is 4.79 Å². The summed E-state index contributed by atoms with van der Waals surface area (Å²) in [5.41, 5.74) is 1.56. The fraction of sp³-hybridized carbons (Fsp3) is 0.188. The maximum atomic E-state index is 11.9. The van der Waals surface area contributed by atoms with Crippen molar-refractivity contribution < 1.29 is 9.53 Å². The lowest BCUT2D eigenvalue weighted by Crippen LogP contribution is -2.21. The second kappa shape index (κ2) is 7.34. The van der Waals surface area contributed by atoms with E-state index in [1.807, 2.05) is 31.2 Å². The molecule has 1 amide bonds. The number of hydrogen-bond acceptors (Lipinski definition) is 2. The van der Waals surface area contributed by atoms with Gasteiger partial charge in [-0.2, -0.15) is 0 Å². The van der Waals surface area contributed by atoms with Crippen LogP contribution in [0, 0.1) is 0 Å². The molecule has 2 rings (SSSR count). The Bertz CT molecular complexity index is 629. The van der Waals surface area contributed by atoms with Gasteiger partial charge in [-0.25, -0.2) is 0 Å². The molecule has 1 atom stereocenters. The highest BCUT2D eigenvalue weighted by atomic mass is 35.5. The van der Waals surface area contributed by atoms with Crippen LogP contribution in [-0.2, 0) is 4.79 Å². The summed E-state index contributed by atoms with van der Waals surface area (Å²) in [5, 5.41) is 3.17. The Morgan fingerprint density at radius 1 is 1.24 bits per heavy atom. The summed E-state index contributed by atoms with van der Waals surface area (Å²) in [4.78, 5) is 11.9. The molecule has 2 aromatic carbocycles. The van der Waals surface area contributed by atoms with Crippen molar-refractivity contribution in [2.45, 2.75) is 12.3 Å². The minimum atomic E-state index is -0.250. The summed E-state index contributed by atoms with van der Waals surface area (Å²) in [5.74, 6) is 0.302. The van der Waals surface area contributed by atoms with Gasteiger partial charge in [0, 0.05) is 10.7 Å². The molecule has 0 aliphatic carbocycles. The van der Waals surface area contributed by atoms with E-state index in [0.717, 1.165) is 5.56 Å². The first kappa shape index (κ1) is 15.7. The smallest absolute Gasteiger partial charge is 0.262 e. The van der Waals surface area contributed by atoms with Crippen LogP contribution in [0.2, 0.25) is 5.02 Å². The predicted molar refractivity (Wildman–Crippen MR) is 86.3 cm³/mol. The third-order valence-corrected chi connectivity index (χ3v) is 3.30. The number of carbonyl (C=O) groups is 1. The third-order valence-electron chi connectivity index (χ3n) is 2.83. The number of carbonyl (C=O) groups excluding carboxylic acids is 1. The summed E-state index contributed by atoms with van der Waals surface area (Å²) >= 11 is 11.9. The molecule has 110 valence electrons. The molecule has 1 unspecified atom stereocenters. The first-order chi connectivity index (χ1) is 10.1. The molecule has 0 saturated carbocycles. The molecule has 21 heavy (non-hydrogen) atoms. The monoisotopic (exact) mass is 323 g/mol. The van der Waals surface area contributed by atoms with E-state index < -0.39 is 0 Å². The Hall–Kier alpha value is -1.71. The first-order valence-electron chi connectivity index (χ1n) is 6.47. The molecule has 1 N–H and O–H groups in total. The van der Waals surface area contributed by atoms with Crippen LogP contribution in [0.3, 0.4) is 0 Å². The lowest BCUT2D eigenvalue weighted by Gasteiger charge is -2.13. The Morgan fingerprint density at radius 3 is 2.71 bits per heavy atom. The SMILES string of the molecule is CC(Cl)c1ccccc1NC(=O)COc1cccc(Cl)c1. The quantitative estimate of drug-likeness (QED) is 0.813. The van der Waals surface area contributed by atoms with Crippen LogP contribution in [0.4, 0.5) is 5.69 Å². The molecular formula is C16H15Cl2NO2. The number of rotatable bonds is 5. The highest BCUT2D eigenvalue weighted by molar-refractivity contribution is 6.30. The molecule has 2 aromatic rings. The molecule has 0 radical (unpaired) electrons. The number of para-hydroxylation sites is 1. The van der Waals surface area contributed by atoms with E-state index in [-0.39, 0.29) is 17.9 Å². The summed E-state index contributed by atoms with van der Waals surface area (Å²) in [6, 6.07) is 14.3. The molecule has 0 spiro atoms. The van der Waals surface area contributed by atoms with Gasteiger partial charge in [-0.15, -0.1) is 11.6 Å². The number of amides is 1. The average Bonchev–Trinajstić information content (AvgIpc) is 2.45. The van der Waals surface area contributed by atoms with E-state index in [1.165, 1.54) is 0 Å². The van der Waals surface area contributed by atoms with Crippen molar-refractivity contribution in [1.82, 2.24) is 0 Å². The van der Waals surface area contributed by atoms with Gasteiger partial charge in [0.25, 0.3) is 5.91 Å². The van der Waals surface area contributed by atoms with Crippen molar-refractivity contribution in [3.8, 4) is 5.75 Å². The predicted octanol–water partition coefficient (Wildman–Crippen LogP) is 4.66. The molecule has 0 aliphatic rings. The number of nitrogens with one attached hydrogen (secondary N) is 1. The highest BCUT2D eigenvalue weighted by Crippen LogP contribution is 2.27. The number of halogens is 2. The van der Waals surface area contributed by atoms with Crippen molar-refractivity contribution in [3.05, 3.63) is 59.1 Å². The minimum Gasteiger partial charge on any atom is -0.484 e. The van der Waals surface area contributed by atoms with Gasteiger partial charge in [0.15, 0.2) is 6.61 Å². The molecule has 0 saturated heterocycles. The van der Waals surface area contributed by atoms with Crippen molar-refractivity contribution in [1.29, 1.82) is 0 Å². The molecule has 3 nitrogen and oxygen atoms in total. The van der Waals surface area contributed by atoms with Gasteiger partial charge >= 0.3 is 0 Å². The third kappa shape index (κ3) is 4.66. The Kier molecular flexibility index (Phi) is 5.48. The zero-order chi connectivity index (χ0) is 15.2. The number of anilines is 1. The van der Waals surface area contributed by atoms with E-state index in [2.05, 4.69) is 5.32 Å². The van der Waals surface area contributed by atoms with E-state index >= 15 is 0 Å². The normalized spacial score (nSPS) is 11.8. The van der Waals surface area contributed by atoms with Gasteiger partial charge in [-0.1, -0.05) is 35.9 Å². The zero-order valence-electron chi connectivity index (χ0n) is 11.5. The molecule has 5 heteroatoms. The summed E-state index contributed by atoms with van der Waals surface area (Å²) in [7, 11) is 0. The molecule has 0 aromatic heterocycles. The van der Waals surface area contributed by atoms with Crippen LogP contribution >= 0.6 is 23.2 Å². The van der Waals surface area contributed by atoms with Gasteiger partial charge < -0.3 is 10.1 Å². The zero-order valence-corrected chi connectivity index (χ0v) is 13.0. The number of alkyl halides is 1. The van der Waals surface area contributed by atoms with Crippen molar-refractivity contribution in [2.24, 2.45) is 0 Å². The Labute approximate surface area is 133 Å². The van der Waals surface area contributed by atoms with Crippen molar-refractivity contribution in [2.75, 3.05) is 11.9 Å². The lowest BCUT2D eigenvalue weighted by molar-refractivity contribution is -0.118. The molecular weight excluding hydrogens is 309 g/mol. The maximum Gasteiger partial charge on any atom is 0.262 e. The fourth-order valence-electron chi connectivity index (χ4n) is 1.85. The summed E-state index contributed by atoms with van der Waals surface area (Å²) in [6.07, 6.45) is 0. The second-order valence-electron chi connectivity index (χ2n) is 4.50. The Balaban J connectivity index is 1.96. The average molecular weight is 324 g/mol. The minimum absolute atomic E-state index is 0.0919. The van der Waals surface area contributed by atoms with Crippen LogP contribution in [0.5, 0.6) is 5.75 Å². The molecule has 0 aliphatic heterocycles. The lowest BCUT2D eigenvalue weighted by atomic mass is 10.1. The number of hydrogen-bond donors (Lipinski definition) is 1. The van der Waals surface area contributed by atoms with Crippen LogP contribution in [0.15, 0.2) is 48.5 Å². The summed E-state index contributed by atoms with van der Waals surface area (Å²) in [6.45, 7) is 1.76. The summed E-state index contributed by atoms with van der Waals surface area (Å²) < 4.78 is 5.39. The maximum absolute atomic E-state index is 11.9. The van der Waals surface area contributed by atoms with Gasteiger partial charge in [0.1, 0.15) is 5.75 Å². The number of benzene rings is 2. The molecule has 0 fully saturated rings. The fourth-order valence-corrected chi connectivity index (χ4v) is 2.22. The van der Waals surface area contributed by atoms with Gasteiger partial charge in [0.2, 0.25) is 0 Å². The second-order valence-corrected chi connectivity index (χ2v) is 5.59. The Morgan fingerprint density at radius 2 is 2.00 bits per heavy atom. The van der Waals surface area contributed by atoms with Crippen LogP contribution in [0.1, 0.15) is 17.9 Å².